The van der Waals surface area contributed by atoms with E-state index in [1.54, 1.807) is 17.2 Å². The lowest BCUT2D eigenvalue weighted by Gasteiger charge is -2.10. The Labute approximate surface area is 94.5 Å². The van der Waals surface area contributed by atoms with Crippen molar-refractivity contribution in [3.8, 4) is 0 Å². The highest BCUT2D eigenvalue weighted by Crippen LogP contribution is 2.10. The van der Waals surface area contributed by atoms with Crippen LogP contribution in [0.2, 0.25) is 0 Å². The highest BCUT2D eigenvalue weighted by molar-refractivity contribution is 5.09. The molecule has 2 aromatic heterocycles. The maximum atomic E-state index is 4.16. The lowest BCUT2D eigenvalue weighted by atomic mass is 10.2. The number of aryl methyl sites for hydroxylation is 1. The van der Waals surface area contributed by atoms with Crippen LogP contribution < -0.4 is 5.32 Å². The number of nitrogens with zero attached hydrogens (tertiary/aromatic N) is 4. The summed E-state index contributed by atoms with van der Waals surface area (Å²) < 4.78 is 1.80. The van der Waals surface area contributed by atoms with Gasteiger partial charge in [0.1, 0.15) is 6.33 Å². The summed E-state index contributed by atoms with van der Waals surface area (Å²) in [6.45, 7) is 2.84. The average molecular weight is 217 g/mol. The summed E-state index contributed by atoms with van der Waals surface area (Å²) >= 11 is 0. The third-order valence-electron chi connectivity index (χ3n) is 2.46. The van der Waals surface area contributed by atoms with Gasteiger partial charge in [-0.05, 0) is 13.0 Å². The van der Waals surface area contributed by atoms with Gasteiger partial charge in [-0.1, -0.05) is 0 Å². The molecule has 0 fully saturated rings. The molecule has 0 bridgehead atoms. The second-order valence-electron chi connectivity index (χ2n) is 3.75. The van der Waals surface area contributed by atoms with E-state index in [4.69, 9.17) is 0 Å². The van der Waals surface area contributed by atoms with Gasteiger partial charge in [0, 0.05) is 37.6 Å². The number of aromatic nitrogens is 4. The molecule has 1 N–H and O–H groups in total. The normalized spacial score (nSPS) is 12.6. The van der Waals surface area contributed by atoms with Crippen molar-refractivity contribution in [3.05, 3.63) is 42.2 Å². The summed E-state index contributed by atoms with van der Waals surface area (Å²) in [5, 5.41) is 7.53. The Morgan fingerprint density at radius 1 is 1.50 bits per heavy atom. The molecule has 0 aliphatic heterocycles. The Balaban J connectivity index is 1.91. The van der Waals surface area contributed by atoms with Crippen LogP contribution in [0, 0.1) is 0 Å². The smallest absolute Gasteiger partial charge is 0.115 e. The van der Waals surface area contributed by atoms with E-state index in [0.29, 0.717) is 0 Å². The van der Waals surface area contributed by atoms with E-state index >= 15 is 0 Å². The molecule has 0 spiro atoms. The molecule has 1 atom stereocenters. The van der Waals surface area contributed by atoms with E-state index in [9.17, 15) is 0 Å². The fourth-order valence-electron chi connectivity index (χ4n) is 1.46. The monoisotopic (exact) mass is 217 g/mol. The Kier molecular flexibility index (Phi) is 3.26. The van der Waals surface area contributed by atoms with Gasteiger partial charge in [-0.25, -0.2) is 9.97 Å². The minimum absolute atomic E-state index is 0.267. The summed E-state index contributed by atoms with van der Waals surface area (Å²) in [7, 11) is 1.92. The van der Waals surface area contributed by atoms with E-state index in [1.807, 2.05) is 25.5 Å². The SMILES string of the molecule is CC(NCc1ccncn1)c1cnn(C)c1. The van der Waals surface area contributed by atoms with E-state index < -0.39 is 0 Å². The molecular formula is C11H15N5. The molecule has 0 radical (unpaired) electrons. The lowest BCUT2D eigenvalue weighted by Crippen LogP contribution is -2.18. The fraction of sp³-hybridized carbons (Fsp3) is 0.364. The summed E-state index contributed by atoms with van der Waals surface area (Å²) in [5.74, 6) is 0. The molecule has 0 aliphatic carbocycles. The zero-order valence-electron chi connectivity index (χ0n) is 9.46. The lowest BCUT2D eigenvalue weighted by molar-refractivity contribution is 0.566. The van der Waals surface area contributed by atoms with Gasteiger partial charge in [0.2, 0.25) is 0 Å². The van der Waals surface area contributed by atoms with Gasteiger partial charge in [0.25, 0.3) is 0 Å². The Hall–Kier alpha value is -1.75. The minimum atomic E-state index is 0.267. The molecule has 2 aromatic rings. The molecule has 0 amide bonds. The van der Waals surface area contributed by atoms with Crippen LogP contribution >= 0.6 is 0 Å². The number of hydrogen-bond acceptors (Lipinski definition) is 4. The van der Waals surface area contributed by atoms with Crippen molar-refractivity contribution in [2.45, 2.75) is 19.5 Å². The maximum absolute atomic E-state index is 4.16. The quantitative estimate of drug-likeness (QED) is 0.832. The van der Waals surface area contributed by atoms with E-state index in [2.05, 4.69) is 27.3 Å². The van der Waals surface area contributed by atoms with Gasteiger partial charge in [0.05, 0.1) is 11.9 Å². The largest absolute Gasteiger partial charge is 0.304 e. The van der Waals surface area contributed by atoms with Gasteiger partial charge in [-0.3, -0.25) is 4.68 Å². The zero-order valence-corrected chi connectivity index (χ0v) is 9.46. The molecule has 5 nitrogen and oxygen atoms in total. The molecule has 84 valence electrons. The van der Waals surface area contributed by atoms with Crippen molar-refractivity contribution in [2.24, 2.45) is 7.05 Å². The van der Waals surface area contributed by atoms with Crippen molar-refractivity contribution in [1.29, 1.82) is 0 Å². The first-order chi connectivity index (χ1) is 7.75. The zero-order chi connectivity index (χ0) is 11.4. The Bertz CT molecular complexity index is 437. The van der Waals surface area contributed by atoms with Crippen LogP contribution in [0.3, 0.4) is 0 Å². The van der Waals surface area contributed by atoms with Crippen molar-refractivity contribution in [1.82, 2.24) is 25.1 Å². The first-order valence-corrected chi connectivity index (χ1v) is 5.22. The molecule has 0 aromatic carbocycles. The van der Waals surface area contributed by atoms with Crippen LogP contribution in [0.15, 0.2) is 31.0 Å². The third kappa shape index (κ3) is 2.64. The molecule has 0 saturated heterocycles. The Morgan fingerprint density at radius 2 is 2.38 bits per heavy atom. The van der Waals surface area contributed by atoms with Gasteiger partial charge in [-0.2, -0.15) is 5.10 Å². The first-order valence-electron chi connectivity index (χ1n) is 5.22. The van der Waals surface area contributed by atoms with Crippen LogP contribution in [0.5, 0.6) is 0 Å². The maximum Gasteiger partial charge on any atom is 0.115 e. The average Bonchev–Trinajstić information content (AvgIpc) is 2.74. The van der Waals surface area contributed by atoms with E-state index in [0.717, 1.165) is 12.2 Å². The van der Waals surface area contributed by atoms with Crippen molar-refractivity contribution < 1.29 is 0 Å². The van der Waals surface area contributed by atoms with Crippen LogP contribution in [0.1, 0.15) is 24.2 Å². The van der Waals surface area contributed by atoms with Crippen LogP contribution in [-0.4, -0.2) is 19.7 Å². The van der Waals surface area contributed by atoms with Crippen LogP contribution in [0.4, 0.5) is 0 Å². The van der Waals surface area contributed by atoms with Gasteiger partial charge in [0.15, 0.2) is 0 Å². The molecule has 2 heterocycles. The van der Waals surface area contributed by atoms with Crippen molar-refractivity contribution in [2.75, 3.05) is 0 Å². The van der Waals surface area contributed by atoms with Crippen molar-refractivity contribution >= 4 is 0 Å². The number of hydrogen-bond donors (Lipinski definition) is 1. The third-order valence-corrected chi connectivity index (χ3v) is 2.46. The van der Waals surface area contributed by atoms with E-state index in [1.165, 1.54) is 5.56 Å². The predicted octanol–water partition coefficient (Wildman–Crippen LogP) is 1.06. The highest BCUT2D eigenvalue weighted by Gasteiger charge is 2.06. The molecule has 2 rings (SSSR count). The molecule has 0 aliphatic rings. The molecule has 16 heavy (non-hydrogen) atoms. The van der Waals surface area contributed by atoms with Gasteiger partial charge < -0.3 is 5.32 Å². The van der Waals surface area contributed by atoms with Gasteiger partial charge >= 0.3 is 0 Å². The molecule has 5 heteroatoms. The van der Waals surface area contributed by atoms with Crippen LogP contribution in [-0.2, 0) is 13.6 Å². The number of rotatable bonds is 4. The molecule has 1 unspecified atom stereocenters. The summed E-state index contributed by atoms with van der Waals surface area (Å²) in [4.78, 5) is 8.04. The standard InChI is InChI=1S/C11H15N5/c1-9(10-5-15-16(2)7-10)13-6-11-3-4-12-8-14-11/h3-5,7-9,13H,6H2,1-2H3. The first kappa shape index (κ1) is 10.8. The van der Waals surface area contributed by atoms with E-state index in [-0.39, 0.29) is 6.04 Å². The Morgan fingerprint density at radius 3 is 3.00 bits per heavy atom. The minimum Gasteiger partial charge on any atom is -0.304 e. The second kappa shape index (κ2) is 4.85. The molecule has 0 saturated carbocycles. The van der Waals surface area contributed by atoms with Crippen LogP contribution in [0.25, 0.3) is 0 Å². The topological polar surface area (TPSA) is 55.6 Å². The predicted molar refractivity (Wildman–Crippen MR) is 60.5 cm³/mol. The summed E-state index contributed by atoms with van der Waals surface area (Å²) in [6.07, 6.45) is 7.19. The second-order valence-corrected chi connectivity index (χ2v) is 3.75. The fourth-order valence-corrected chi connectivity index (χ4v) is 1.46. The van der Waals surface area contributed by atoms with Crippen molar-refractivity contribution in [3.63, 3.8) is 0 Å². The highest BCUT2D eigenvalue weighted by atomic mass is 15.2. The summed E-state index contributed by atoms with van der Waals surface area (Å²) in [5.41, 5.74) is 2.17. The summed E-state index contributed by atoms with van der Waals surface area (Å²) in [6, 6.07) is 2.17. The number of nitrogens with one attached hydrogen (secondary N) is 1. The molecular weight excluding hydrogens is 202 g/mol. The van der Waals surface area contributed by atoms with Gasteiger partial charge in [-0.15, -0.1) is 0 Å².